The van der Waals surface area contributed by atoms with Crippen molar-refractivity contribution in [1.29, 1.82) is 0 Å². The molecule has 0 saturated carbocycles. The van der Waals surface area contributed by atoms with Gasteiger partial charge in [-0.05, 0) is 54.5 Å². The van der Waals surface area contributed by atoms with Gasteiger partial charge in [0.05, 0.1) is 22.5 Å². The summed E-state index contributed by atoms with van der Waals surface area (Å²) in [5, 5.41) is 12.8. The maximum Gasteiger partial charge on any atom is 0.300 e. The Morgan fingerprint density at radius 1 is 1.07 bits per heavy atom. The van der Waals surface area contributed by atoms with Crippen molar-refractivity contribution < 1.29 is 9.59 Å². The molecule has 7 nitrogen and oxygen atoms in total. The number of carbonyl (C=O) groups excluding carboxylic acids is 2. The quantitative estimate of drug-likeness (QED) is 0.478. The Labute approximate surface area is 177 Å². The first-order valence-electron chi connectivity index (χ1n) is 9.59. The third kappa shape index (κ3) is 2.71. The van der Waals surface area contributed by atoms with Crippen molar-refractivity contribution in [2.24, 2.45) is 0 Å². The number of hydrogen-bond donors (Lipinski definition) is 0. The number of para-hydroxylation sites is 1. The van der Waals surface area contributed by atoms with E-state index in [0.29, 0.717) is 16.5 Å². The molecule has 0 aliphatic carbocycles. The van der Waals surface area contributed by atoms with Gasteiger partial charge in [0.15, 0.2) is 0 Å². The summed E-state index contributed by atoms with van der Waals surface area (Å²) in [6, 6.07) is 13.6. The van der Waals surface area contributed by atoms with Crippen LogP contribution in [0, 0.1) is 6.92 Å². The van der Waals surface area contributed by atoms with Gasteiger partial charge in [-0.25, -0.2) is 0 Å². The molecular formula is C22H19N5O2S. The molecule has 150 valence electrons. The van der Waals surface area contributed by atoms with E-state index in [-0.39, 0.29) is 0 Å². The van der Waals surface area contributed by atoms with Gasteiger partial charge in [-0.15, -0.1) is 5.10 Å². The molecule has 0 fully saturated rings. The number of aromatic nitrogens is 4. The molecule has 0 radical (unpaired) electrons. The normalized spacial score (nSPS) is 16.6. The van der Waals surface area contributed by atoms with E-state index in [2.05, 4.69) is 21.6 Å². The van der Waals surface area contributed by atoms with E-state index < -0.39 is 17.2 Å². The number of benzene rings is 2. The fourth-order valence-electron chi connectivity index (χ4n) is 4.16. The van der Waals surface area contributed by atoms with Crippen molar-refractivity contribution >= 4 is 34.7 Å². The summed E-state index contributed by atoms with van der Waals surface area (Å²) in [4.78, 5) is 27.0. The third-order valence-electron chi connectivity index (χ3n) is 5.48. The second kappa shape index (κ2) is 6.63. The minimum atomic E-state index is -0.597. The summed E-state index contributed by atoms with van der Waals surface area (Å²) < 4.78 is 1.71. The van der Waals surface area contributed by atoms with Crippen LogP contribution in [0.2, 0.25) is 0 Å². The van der Waals surface area contributed by atoms with Gasteiger partial charge >= 0.3 is 0 Å². The standard InChI is InChI=1S/C22H19N5O2S/c1-13-9-10-16-14(11-22(2,3)26-18(16)17(13)19(28)20(26)29)12-30-21-23-24-25-27(21)15-7-5-4-6-8-15/h4-11H,12H2,1-3H3. The molecule has 1 aromatic heterocycles. The van der Waals surface area contributed by atoms with Gasteiger partial charge < -0.3 is 0 Å². The average Bonchev–Trinajstić information content (AvgIpc) is 3.30. The SMILES string of the molecule is Cc1ccc2c3c1C(=O)C(=O)N3C(C)(C)C=C2CSc1nnnn1-c1ccccc1. The first kappa shape index (κ1) is 18.7. The van der Waals surface area contributed by atoms with Crippen molar-refractivity contribution in [1.82, 2.24) is 20.2 Å². The fourth-order valence-corrected chi connectivity index (χ4v) is 5.04. The van der Waals surface area contributed by atoms with E-state index in [1.807, 2.05) is 63.2 Å². The zero-order valence-corrected chi connectivity index (χ0v) is 17.6. The predicted molar refractivity (Wildman–Crippen MR) is 115 cm³/mol. The highest BCUT2D eigenvalue weighted by molar-refractivity contribution is 7.99. The highest BCUT2D eigenvalue weighted by atomic mass is 32.2. The smallest absolute Gasteiger partial charge is 0.295 e. The second-order valence-electron chi connectivity index (χ2n) is 7.94. The number of hydrogen-bond acceptors (Lipinski definition) is 6. The van der Waals surface area contributed by atoms with Crippen molar-refractivity contribution in [2.75, 3.05) is 10.7 Å². The lowest BCUT2D eigenvalue weighted by Crippen LogP contribution is -2.47. The van der Waals surface area contributed by atoms with E-state index in [4.69, 9.17) is 0 Å². The summed E-state index contributed by atoms with van der Waals surface area (Å²) >= 11 is 1.52. The van der Waals surface area contributed by atoms with Crippen molar-refractivity contribution in [3.05, 3.63) is 65.2 Å². The molecule has 1 amide bonds. The van der Waals surface area contributed by atoms with Crippen LogP contribution >= 0.6 is 11.8 Å². The number of tetrazole rings is 1. The minimum Gasteiger partial charge on any atom is -0.295 e. The molecule has 2 aromatic carbocycles. The van der Waals surface area contributed by atoms with Gasteiger partial charge in [-0.3, -0.25) is 14.5 Å². The summed E-state index contributed by atoms with van der Waals surface area (Å²) in [5.74, 6) is -0.267. The van der Waals surface area contributed by atoms with Gasteiger partial charge in [0, 0.05) is 11.3 Å². The summed E-state index contributed by atoms with van der Waals surface area (Å²) in [6.07, 6.45) is 2.06. The van der Waals surface area contributed by atoms with E-state index in [1.165, 1.54) is 11.8 Å². The summed E-state index contributed by atoms with van der Waals surface area (Å²) in [6.45, 7) is 5.78. The van der Waals surface area contributed by atoms with Gasteiger partial charge in [0.2, 0.25) is 5.16 Å². The lowest BCUT2D eigenvalue weighted by atomic mass is 9.88. The molecule has 0 bridgehead atoms. The number of rotatable bonds is 4. The molecule has 0 N–H and O–H groups in total. The van der Waals surface area contributed by atoms with Crippen LogP contribution < -0.4 is 4.90 Å². The number of carbonyl (C=O) groups is 2. The molecule has 2 aliphatic rings. The number of amides is 1. The molecule has 30 heavy (non-hydrogen) atoms. The third-order valence-corrected chi connectivity index (χ3v) is 6.45. The van der Waals surface area contributed by atoms with Gasteiger partial charge in [0.25, 0.3) is 11.7 Å². The largest absolute Gasteiger partial charge is 0.300 e. The molecule has 2 aliphatic heterocycles. The lowest BCUT2D eigenvalue weighted by molar-refractivity contribution is -0.115. The molecular weight excluding hydrogens is 398 g/mol. The Hall–Kier alpha value is -3.26. The van der Waals surface area contributed by atoms with Crippen molar-refractivity contribution in [2.45, 2.75) is 31.5 Å². The van der Waals surface area contributed by atoms with Crippen LogP contribution in [0.25, 0.3) is 11.3 Å². The van der Waals surface area contributed by atoms with E-state index >= 15 is 0 Å². The van der Waals surface area contributed by atoms with E-state index in [0.717, 1.165) is 28.1 Å². The van der Waals surface area contributed by atoms with E-state index in [1.54, 1.807) is 9.58 Å². The number of ketones is 1. The van der Waals surface area contributed by atoms with Crippen molar-refractivity contribution in [3.63, 3.8) is 0 Å². The maximum atomic E-state index is 12.7. The van der Waals surface area contributed by atoms with Gasteiger partial charge in [0.1, 0.15) is 0 Å². The Morgan fingerprint density at radius 3 is 2.60 bits per heavy atom. The van der Waals surface area contributed by atoms with Crippen LogP contribution in [0.3, 0.4) is 0 Å². The van der Waals surface area contributed by atoms with Crippen LogP contribution in [-0.4, -0.2) is 43.2 Å². The Kier molecular flexibility index (Phi) is 4.14. The summed E-state index contributed by atoms with van der Waals surface area (Å²) in [5.41, 5.74) is 4.35. The topological polar surface area (TPSA) is 81.0 Å². The molecule has 3 heterocycles. The Balaban J connectivity index is 1.52. The van der Waals surface area contributed by atoms with Crippen molar-refractivity contribution in [3.8, 4) is 5.69 Å². The molecule has 3 aromatic rings. The maximum absolute atomic E-state index is 12.7. The number of aryl methyl sites for hydroxylation is 1. The Morgan fingerprint density at radius 2 is 1.83 bits per heavy atom. The van der Waals surface area contributed by atoms with Gasteiger partial charge in [-0.1, -0.05) is 48.2 Å². The zero-order chi connectivity index (χ0) is 21.0. The van der Waals surface area contributed by atoms with Gasteiger partial charge in [-0.2, -0.15) is 4.68 Å². The number of thioether (sulfide) groups is 1. The average molecular weight is 417 g/mol. The highest BCUT2D eigenvalue weighted by Crippen LogP contribution is 2.47. The number of anilines is 1. The second-order valence-corrected chi connectivity index (χ2v) is 8.89. The molecule has 8 heteroatoms. The highest BCUT2D eigenvalue weighted by Gasteiger charge is 2.47. The van der Waals surface area contributed by atoms with Crippen LogP contribution in [0.15, 0.2) is 53.7 Å². The van der Waals surface area contributed by atoms with Crippen LogP contribution in [0.4, 0.5) is 5.69 Å². The fraction of sp³-hybridized carbons (Fsp3) is 0.227. The summed E-state index contributed by atoms with van der Waals surface area (Å²) in [7, 11) is 0. The minimum absolute atomic E-state index is 0.423. The lowest BCUT2D eigenvalue weighted by Gasteiger charge is -2.39. The Bertz CT molecular complexity index is 1230. The van der Waals surface area contributed by atoms with Crippen LogP contribution in [-0.2, 0) is 4.79 Å². The molecule has 0 spiro atoms. The number of nitrogens with zero attached hydrogens (tertiary/aromatic N) is 5. The number of Topliss-reactive ketones (excluding diaryl/α,β-unsaturated/α-hetero) is 1. The predicted octanol–water partition coefficient (Wildman–Crippen LogP) is 3.47. The zero-order valence-electron chi connectivity index (χ0n) is 16.8. The molecule has 0 saturated heterocycles. The van der Waals surface area contributed by atoms with E-state index in [9.17, 15) is 9.59 Å². The first-order valence-corrected chi connectivity index (χ1v) is 10.6. The molecule has 0 unspecified atom stereocenters. The van der Waals surface area contributed by atoms with Crippen LogP contribution in [0.1, 0.15) is 35.3 Å². The molecule has 5 rings (SSSR count). The monoisotopic (exact) mass is 417 g/mol. The van der Waals surface area contributed by atoms with Crippen LogP contribution in [0.5, 0.6) is 0 Å². The molecule has 0 atom stereocenters. The first-order chi connectivity index (χ1) is 14.4.